The van der Waals surface area contributed by atoms with Crippen molar-refractivity contribution in [1.82, 2.24) is 9.80 Å². The first-order valence-electron chi connectivity index (χ1n) is 5.81. The number of hydrogen-bond acceptors (Lipinski definition) is 5. The molecule has 0 bridgehead atoms. The summed E-state index contributed by atoms with van der Waals surface area (Å²) in [4.78, 5) is 26.9. The number of esters is 1. The first kappa shape index (κ1) is 12.6. The Bertz CT molecular complexity index is 408. The molecule has 0 spiro atoms. The Hall–Kier alpha value is -1.82. The summed E-state index contributed by atoms with van der Waals surface area (Å²) in [7, 11) is 1.38. The zero-order valence-electron chi connectivity index (χ0n) is 10.3. The van der Waals surface area contributed by atoms with Crippen molar-refractivity contribution >= 4 is 11.9 Å². The van der Waals surface area contributed by atoms with Crippen molar-refractivity contribution < 1.29 is 18.7 Å². The lowest BCUT2D eigenvalue weighted by molar-refractivity contribution is -0.142. The highest BCUT2D eigenvalue weighted by Gasteiger charge is 2.23. The van der Waals surface area contributed by atoms with Gasteiger partial charge in [0.05, 0.1) is 25.5 Å². The minimum Gasteiger partial charge on any atom is -0.472 e. The predicted molar refractivity (Wildman–Crippen MR) is 63.1 cm³/mol. The molecule has 6 nitrogen and oxygen atoms in total. The summed E-state index contributed by atoms with van der Waals surface area (Å²) in [5.41, 5.74) is 0.566. The van der Waals surface area contributed by atoms with Gasteiger partial charge in [-0.05, 0) is 6.07 Å². The first-order valence-corrected chi connectivity index (χ1v) is 5.81. The van der Waals surface area contributed by atoms with Crippen LogP contribution in [-0.4, -0.2) is 61.5 Å². The van der Waals surface area contributed by atoms with E-state index in [1.54, 1.807) is 11.0 Å². The molecule has 2 rings (SSSR count). The Morgan fingerprint density at radius 3 is 2.61 bits per heavy atom. The van der Waals surface area contributed by atoms with E-state index in [2.05, 4.69) is 4.74 Å². The van der Waals surface area contributed by atoms with E-state index < -0.39 is 0 Å². The number of methoxy groups -OCH3 is 1. The predicted octanol–water partition coefficient (Wildman–Crippen LogP) is 0.210. The van der Waals surface area contributed by atoms with Crippen molar-refractivity contribution in [2.45, 2.75) is 0 Å². The van der Waals surface area contributed by atoms with Crippen LogP contribution in [0.1, 0.15) is 10.4 Å². The molecule has 0 atom stereocenters. The third kappa shape index (κ3) is 2.89. The van der Waals surface area contributed by atoms with E-state index in [0.29, 0.717) is 31.7 Å². The van der Waals surface area contributed by atoms with Crippen LogP contribution in [0.2, 0.25) is 0 Å². The lowest BCUT2D eigenvalue weighted by Gasteiger charge is -2.33. The molecule has 98 valence electrons. The highest BCUT2D eigenvalue weighted by atomic mass is 16.5. The Morgan fingerprint density at radius 1 is 1.33 bits per heavy atom. The number of nitrogens with zero attached hydrogens (tertiary/aromatic N) is 2. The maximum Gasteiger partial charge on any atom is 0.319 e. The van der Waals surface area contributed by atoms with E-state index in [-0.39, 0.29) is 18.4 Å². The molecule has 0 unspecified atom stereocenters. The van der Waals surface area contributed by atoms with Gasteiger partial charge in [-0.25, -0.2) is 0 Å². The molecule has 6 heteroatoms. The van der Waals surface area contributed by atoms with Crippen molar-refractivity contribution in [3.8, 4) is 0 Å². The summed E-state index contributed by atoms with van der Waals surface area (Å²) >= 11 is 0. The lowest BCUT2D eigenvalue weighted by atomic mass is 10.2. The van der Waals surface area contributed by atoms with E-state index >= 15 is 0 Å². The van der Waals surface area contributed by atoms with Crippen LogP contribution < -0.4 is 0 Å². The van der Waals surface area contributed by atoms with Gasteiger partial charge in [0.25, 0.3) is 5.91 Å². The van der Waals surface area contributed by atoms with Crippen LogP contribution in [0.25, 0.3) is 0 Å². The highest BCUT2D eigenvalue weighted by Crippen LogP contribution is 2.09. The summed E-state index contributed by atoms with van der Waals surface area (Å²) in [6, 6.07) is 1.66. The summed E-state index contributed by atoms with van der Waals surface area (Å²) in [6.07, 6.45) is 2.93. The average Bonchev–Trinajstić information content (AvgIpc) is 2.92. The number of piperazine rings is 1. The maximum atomic E-state index is 12.0. The van der Waals surface area contributed by atoms with Gasteiger partial charge in [-0.2, -0.15) is 0 Å². The van der Waals surface area contributed by atoms with Gasteiger partial charge in [-0.15, -0.1) is 0 Å². The van der Waals surface area contributed by atoms with Gasteiger partial charge in [0.2, 0.25) is 0 Å². The van der Waals surface area contributed by atoms with Crippen molar-refractivity contribution in [2.24, 2.45) is 0 Å². The molecular formula is C12H16N2O4. The normalized spacial score (nSPS) is 16.6. The van der Waals surface area contributed by atoms with Crippen LogP contribution in [0, 0.1) is 0 Å². The molecule has 1 aliphatic heterocycles. The third-order valence-electron chi connectivity index (χ3n) is 3.01. The molecule has 1 saturated heterocycles. The molecule has 0 N–H and O–H groups in total. The van der Waals surface area contributed by atoms with E-state index in [1.165, 1.54) is 19.6 Å². The molecule has 18 heavy (non-hydrogen) atoms. The van der Waals surface area contributed by atoms with Gasteiger partial charge in [-0.1, -0.05) is 0 Å². The topological polar surface area (TPSA) is 63.0 Å². The number of ether oxygens (including phenoxy) is 1. The standard InChI is InChI=1S/C12H16N2O4/c1-17-11(15)8-13-3-5-14(6-4-13)12(16)10-2-7-18-9-10/h2,7,9H,3-6,8H2,1H3. The molecule has 1 aliphatic rings. The Morgan fingerprint density at radius 2 is 2.06 bits per heavy atom. The molecule has 0 radical (unpaired) electrons. The fourth-order valence-corrected chi connectivity index (χ4v) is 1.92. The number of carbonyl (C=O) groups excluding carboxylic acids is 2. The zero-order valence-corrected chi connectivity index (χ0v) is 10.3. The molecule has 0 aliphatic carbocycles. The Balaban J connectivity index is 1.83. The van der Waals surface area contributed by atoms with E-state index in [4.69, 9.17) is 4.42 Å². The molecule has 2 heterocycles. The largest absolute Gasteiger partial charge is 0.472 e. The van der Waals surface area contributed by atoms with Crippen LogP contribution in [0.15, 0.2) is 23.0 Å². The molecule has 0 aromatic carbocycles. The summed E-state index contributed by atoms with van der Waals surface area (Å²) in [5, 5.41) is 0. The zero-order chi connectivity index (χ0) is 13.0. The van der Waals surface area contributed by atoms with Gasteiger partial charge in [-0.3, -0.25) is 14.5 Å². The smallest absolute Gasteiger partial charge is 0.319 e. The molecule has 1 aromatic rings. The van der Waals surface area contributed by atoms with E-state index in [9.17, 15) is 9.59 Å². The van der Waals surface area contributed by atoms with Crippen LogP contribution >= 0.6 is 0 Å². The molecular weight excluding hydrogens is 236 g/mol. The quantitative estimate of drug-likeness (QED) is 0.720. The molecule has 1 aromatic heterocycles. The Kier molecular flexibility index (Phi) is 3.99. The minimum atomic E-state index is -0.246. The Labute approximate surface area is 105 Å². The minimum absolute atomic E-state index is 0.0264. The van der Waals surface area contributed by atoms with Crippen molar-refractivity contribution in [3.05, 3.63) is 24.2 Å². The van der Waals surface area contributed by atoms with Crippen LogP contribution in [0.5, 0.6) is 0 Å². The molecule has 1 amide bonds. The van der Waals surface area contributed by atoms with Gasteiger partial charge in [0.1, 0.15) is 6.26 Å². The van der Waals surface area contributed by atoms with Crippen molar-refractivity contribution in [1.29, 1.82) is 0 Å². The van der Waals surface area contributed by atoms with Crippen LogP contribution in [0.3, 0.4) is 0 Å². The maximum absolute atomic E-state index is 12.0. The lowest BCUT2D eigenvalue weighted by Crippen LogP contribution is -2.49. The number of furan rings is 1. The second-order valence-corrected chi connectivity index (χ2v) is 4.16. The highest BCUT2D eigenvalue weighted by molar-refractivity contribution is 5.93. The number of amides is 1. The first-order chi connectivity index (χ1) is 8.70. The SMILES string of the molecule is COC(=O)CN1CCN(C(=O)c2ccoc2)CC1. The van der Waals surface area contributed by atoms with Crippen molar-refractivity contribution in [2.75, 3.05) is 39.8 Å². The number of carbonyl (C=O) groups is 2. The van der Waals surface area contributed by atoms with Gasteiger partial charge >= 0.3 is 5.97 Å². The van der Waals surface area contributed by atoms with Crippen molar-refractivity contribution in [3.63, 3.8) is 0 Å². The van der Waals surface area contributed by atoms with E-state index in [1.807, 2.05) is 4.90 Å². The fraction of sp³-hybridized carbons (Fsp3) is 0.500. The summed E-state index contributed by atoms with van der Waals surface area (Å²) < 4.78 is 9.51. The number of rotatable bonds is 3. The molecule has 0 saturated carbocycles. The van der Waals surface area contributed by atoms with Crippen LogP contribution in [-0.2, 0) is 9.53 Å². The average molecular weight is 252 g/mol. The van der Waals surface area contributed by atoms with Crippen LogP contribution in [0.4, 0.5) is 0 Å². The number of hydrogen-bond donors (Lipinski definition) is 0. The van der Waals surface area contributed by atoms with Gasteiger partial charge in [0.15, 0.2) is 0 Å². The second-order valence-electron chi connectivity index (χ2n) is 4.16. The molecule has 1 fully saturated rings. The second kappa shape index (κ2) is 5.68. The fourth-order valence-electron chi connectivity index (χ4n) is 1.92. The van der Waals surface area contributed by atoms with Gasteiger partial charge < -0.3 is 14.1 Å². The van der Waals surface area contributed by atoms with Gasteiger partial charge in [0, 0.05) is 26.2 Å². The third-order valence-corrected chi connectivity index (χ3v) is 3.01. The summed E-state index contributed by atoms with van der Waals surface area (Å²) in [6.45, 7) is 2.86. The van der Waals surface area contributed by atoms with E-state index in [0.717, 1.165) is 0 Å². The summed E-state index contributed by atoms with van der Waals surface area (Å²) in [5.74, 6) is -0.272. The monoisotopic (exact) mass is 252 g/mol.